The fourth-order valence-corrected chi connectivity index (χ4v) is 9.41. The van der Waals surface area contributed by atoms with Crippen molar-refractivity contribution in [1.82, 2.24) is 0 Å². The van der Waals surface area contributed by atoms with E-state index < -0.39 is 5.97 Å². The highest BCUT2D eigenvalue weighted by Crippen LogP contribution is 2.68. The van der Waals surface area contributed by atoms with Crippen LogP contribution in [0.25, 0.3) is 0 Å². The number of hydrogen-bond donors (Lipinski definition) is 0. The van der Waals surface area contributed by atoms with Gasteiger partial charge in [-0.1, -0.05) is 53.9 Å². The number of carbonyl (C=O) groups is 1. The third-order valence-corrected chi connectivity index (χ3v) is 11.1. The summed E-state index contributed by atoms with van der Waals surface area (Å²) >= 11 is 0. The Hall–Kier alpha value is -1.39. The summed E-state index contributed by atoms with van der Waals surface area (Å²) in [4.78, 5) is 23.3. The Kier molecular flexibility index (Phi) is 7.24. The molecule has 5 heteroatoms. The van der Waals surface area contributed by atoms with Crippen molar-refractivity contribution in [2.45, 2.75) is 112 Å². The minimum atomic E-state index is -0.445. The van der Waals surface area contributed by atoms with Gasteiger partial charge in [0.2, 0.25) is 0 Å². The van der Waals surface area contributed by atoms with Gasteiger partial charge in [0.1, 0.15) is 0 Å². The molecule has 0 N–H and O–H groups in total. The zero-order valence-corrected chi connectivity index (χ0v) is 22.4. The molecule has 3 fully saturated rings. The lowest BCUT2D eigenvalue weighted by Crippen LogP contribution is -2.53. The Bertz CT molecular complexity index is 834. The molecular formula is C29H47NO4. The van der Waals surface area contributed by atoms with Crippen LogP contribution >= 0.6 is 0 Å². The van der Waals surface area contributed by atoms with E-state index in [-0.39, 0.29) is 16.0 Å². The molecule has 5 nitrogen and oxygen atoms in total. The van der Waals surface area contributed by atoms with E-state index >= 15 is 0 Å². The van der Waals surface area contributed by atoms with Crippen LogP contribution in [0.15, 0.2) is 11.5 Å². The Balaban J connectivity index is 1.53. The summed E-state index contributed by atoms with van der Waals surface area (Å²) < 4.78 is 5.37. The Morgan fingerprint density at radius 1 is 1.06 bits per heavy atom. The maximum Gasteiger partial charge on any atom is 0.307 e. The van der Waals surface area contributed by atoms with Crippen molar-refractivity contribution in [3.63, 3.8) is 0 Å². The molecule has 0 aromatic rings. The first-order valence-electron chi connectivity index (χ1n) is 14.0. The molecule has 0 aromatic carbocycles. The number of ether oxygens (including phenoxy) is 1. The fourth-order valence-electron chi connectivity index (χ4n) is 9.41. The number of hydrogen-bond acceptors (Lipinski definition) is 4. The summed E-state index contributed by atoms with van der Waals surface area (Å²) in [5, 5.41) is 12.0. The molecule has 8 atom stereocenters. The van der Waals surface area contributed by atoms with Gasteiger partial charge in [-0.3, -0.25) is 14.9 Å². The van der Waals surface area contributed by atoms with Gasteiger partial charge in [-0.05, 0) is 90.8 Å². The molecule has 0 spiro atoms. The van der Waals surface area contributed by atoms with Crippen LogP contribution in [0.1, 0.15) is 112 Å². The van der Waals surface area contributed by atoms with Crippen molar-refractivity contribution in [3.8, 4) is 0 Å². The highest BCUT2D eigenvalue weighted by atomic mass is 16.6. The second kappa shape index (κ2) is 9.58. The van der Waals surface area contributed by atoms with Gasteiger partial charge in [0.25, 0.3) is 5.70 Å². The van der Waals surface area contributed by atoms with E-state index in [1.807, 2.05) is 0 Å². The molecule has 4 aliphatic rings. The Morgan fingerprint density at radius 2 is 1.76 bits per heavy atom. The van der Waals surface area contributed by atoms with Crippen LogP contribution in [0.4, 0.5) is 0 Å². The second-order valence-electron chi connectivity index (χ2n) is 13.3. The quantitative estimate of drug-likeness (QED) is 0.215. The lowest BCUT2D eigenvalue weighted by molar-refractivity contribution is -0.436. The van der Waals surface area contributed by atoms with Gasteiger partial charge >= 0.3 is 5.97 Å². The summed E-state index contributed by atoms with van der Waals surface area (Å²) in [7, 11) is 0. The smallest absolute Gasteiger partial charge is 0.307 e. The normalized spacial score (nSPS) is 40.4. The van der Waals surface area contributed by atoms with E-state index in [4.69, 9.17) is 4.74 Å². The zero-order valence-electron chi connectivity index (χ0n) is 22.4. The van der Waals surface area contributed by atoms with Gasteiger partial charge in [-0.15, -0.1) is 0 Å². The molecule has 0 amide bonds. The highest BCUT2D eigenvalue weighted by Gasteiger charge is 2.61. The molecule has 3 saturated carbocycles. The average molecular weight is 474 g/mol. The van der Waals surface area contributed by atoms with E-state index in [2.05, 4.69) is 34.6 Å². The Morgan fingerprint density at radius 3 is 2.41 bits per heavy atom. The molecule has 0 heterocycles. The monoisotopic (exact) mass is 473 g/mol. The standard InChI is InChI=1S/C29H47NO4/c1-18(2)8-7-9-19(3)23-12-13-24-22-11-10-21-16-27(34-20(4)31)26(30(32)33)17-29(21,6)25(22)14-15-28(23,24)5/h18-19,21-25H,7-17H2,1-6H3/t19-,21-,22+,23-,24+,25+,28-,29+/m1/s1. The van der Waals surface area contributed by atoms with Crippen molar-refractivity contribution >= 4 is 5.97 Å². The van der Waals surface area contributed by atoms with Crippen LogP contribution < -0.4 is 0 Å². The van der Waals surface area contributed by atoms with Crippen LogP contribution in [0.2, 0.25) is 0 Å². The molecule has 34 heavy (non-hydrogen) atoms. The number of carbonyl (C=O) groups excluding carboxylic acids is 1. The fraction of sp³-hybridized carbons (Fsp3) is 0.897. The van der Waals surface area contributed by atoms with Gasteiger partial charge < -0.3 is 4.74 Å². The van der Waals surface area contributed by atoms with Crippen molar-refractivity contribution in [2.75, 3.05) is 0 Å². The number of allylic oxidation sites excluding steroid dienone is 2. The lowest BCUT2D eigenvalue weighted by atomic mass is 9.44. The number of nitrogens with zero attached hydrogens (tertiary/aromatic N) is 1. The summed E-state index contributed by atoms with van der Waals surface area (Å²) in [6.07, 6.45) is 12.6. The molecule has 4 aliphatic carbocycles. The minimum Gasteiger partial charge on any atom is -0.424 e. The molecular weight excluding hydrogens is 426 g/mol. The molecule has 192 valence electrons. The van der Waals surface area contributed by atoms with Gasteiger partial charge in [0.05, 0.1) is 4.92 Å². The molecule has 0 saturated heterocycles. The first-order chi connectivity index (χ1) is 16.0. The maximum atomic E-state index is 12.0. The van der Waals surface area contributed by atoms with Crippen LogP contribution in [-0.4, -0.2) is 10.9 Å². The number of esters is 1. The largest absolute Gasteiger partial charge is 0.424 e. The summed E-state index contributed by atoms with van der Waals surface area (Å²) in [6.45, 7) is 13.4. The molecule has 0 unspecified atom stereocenters. The molecule has 0 aliphatic heterocycles. The Labute approximate surface area is 206 Å². The summed E-state index contributed by atoms with van der Waals surface area (Å²) in [5.74, 6) is 4.68. The number of rotatable bonds is 7. The minimum absolute atomic E-state index is 0.0583. The average Bonchev–Trinajstić information content (AvgIpc) is 3.10. The van der Waals surface area contributed by atoms with Crippen molar-refractivity contribution in [2.24, 2.45) is 52.3 Å². The van der Waals surface area contributed by atoms with E-state index in [1.54, 1.807) is 0 Å². The molecule has 4 rings (SSSR count). The van der Waals surface area contributed by atoms with Gasteiger partial charge in [0.15, 0.2) is 5.76 Å². The first kappa shape index (κ1) is 25.7. The second-order valence-corrected chi connectivity index (χ2v) is 13.3. The van der Waals surface area contributed by atoms with E-state index in [9.17, 15) is 14.9 Å². The van der Waals surface area contributed by atoms with Crippen LogP contribution in [-0.2, 0) is 9.53 Å². The molecule has 0 aromatic heterocycles. The summed E-state index contributed by atoms with van der Waals surface area (Å²) in [6, 6.07) is 0. The topological polar surface area (TPSA) is 69.4 Å². The molecule has 0 bridgehead atoms. The lowest BCUT2D eigenvalue weighted by Gasteiger charge is -2.60. The van der Waals surface area contributed by atoms with Crippen molar-refractivity contribution < 1.29 is 14.5 Å². The van der Waals surface area contributed by atoms with Gasteiger partial charge in [-0.25, -0.2) is 0 Å². The van der Waals surface area contributed by atoms with Crippen molar-refractivity contribution in [1.29, 1.82) is 0 Å². The summed E-state index contributed by atoms with van der Waals surface area (Å²) in [5.41, 5.74) is 0.532. The van der Waals surface area contributed by atoms with E-state index in [0.717, 1.165) is 30.1 Å². The number of nitro groups is 1. The van der Waals surface area contributed by atoms with Crippen LogP contribution in [0.5, 0.6) is 0 Å². The van der Waals surface area contributed by atoms with Crippen LogP contribution in [0, 0.1) is 62.4 Å². The third kappa shape index (κ3) is 4.46. The van der Waals surface area contributed by atoms with Gasteiger partial charge in [0, 0.05) is 19.8 Å². The van der Waals surface area contributed by atoms with Gasteiger partial charge in [-0.2, -0.15) is 0 Å². The van der Waals surface area contributed by atoms with Crippen LogP contribution in [0.3, 0.4) is 0 Å². The predicted octanol–water partition coefficient (Wildman–Crippen LogP) is 7.77. The SMILES string of the molecule is CC(=O)OC1=C([N+](=O)[O-])C[C@@]2(C)[C@H](CC[C@@H]3[C@@H]2CC[C@]2(C)[C@@H]([C@H](C)CCCC(C)C)CC[C@@H]32)C1. The maximum absolute atomic E-state index is 12.0. The first-order valence-corrected chi connectivity index (χ1v) is 14.0. The zero-order chi connectivity index (χ0) is 24.8. The molecule has 0 radical (unpaired) electrons. The van der Waals surface area contributed by atoms with E-state index in [0.29, 0.717) is 41.8 Å². The van der Waals surface area contributed by atoms with E-state index in [1.165, 1.54) is 58.3 Å². The predicted molar refractivity (Wildman–Crippen MR) is 134 cm³/mol. The highest BCUT2D eigenvalue weighted by molar-refractivity contribution is 5.67. The number of fused-ring (bicyclic) bond motifs is 5. The third-order valence-electron chi connectivity index (χ3n) is 11.1. The van der Waals surface area contributed by atoms with Crippen molar-refractivity contribution in [3.05, 3.63) is 21.6 Å².